The minimum Gasteiger partial charge on any atom is -0.341 e. The molecule has 0 bridgehead atoms. The number of aromatic nitrogens is 2. The third-order valence-corrected chi connectivity index (χ3v) is 2.40. The van der Waals surface area contributed by atoms with Crippen LogP contribution in [-0.4, -0.2) is 33.9 Å². The lowest BCUT2D eigenvalue weighted by Gasteiger charge is -2.37. The second-order valence-corrected chi connectivity index (χ2v) is 3.44. The lowest BCUT2D eigenvalue weighted by Crippen LogP contribution is -2.48. The maximum Gasteiger partial charge on any atom is 0.250 e. The average Bonchev–Trinajstić information content (AvgIpc) is 2.00. The molecule has 1 aromatic heterocycles. The molecule has 1 N–H and O–H groups in total. The minimum absolute atomic E-state index is 0.0690. The lowest BCUT2D eigenvalue weighted by atomic mass is 9.99. The molecule has 0 saturated carbocycles. The standard InChI is InChI=1S/C9H11N3O2/c1-6(13)12-4-7(5-12)9-10-3-2-8(14)11-9/h2-3,7H,4-5H2,1H3,(H,10,11,14). The van der Waals surface area contributed by atoms with Gasteiger partial charge in [0.15, 0.2) is 0 Å². The van der Waals surface area contributed by atoms with Crippen molar-refractivity contribution < 1.29 is 4.79 Å². The van der Waals surface area contributed by atoms with Gasteiger partial charge < -0.3 is 9.88 Å². The van der Waals surface area contributed by atoms with Crippen molar-refractivity contribution in [3.8, 4) is 0 Å². The van der Waals surface area contributed by atoms with Crippen molar-refractivity contribution >= 4 is 5.91 Å². The van der Waals surface area contributed by atoms with Crippen LogP contribution in [0.25, 0.3) is 0 Å². The molecule has 1 aliphatic heterocycles. The van der Waals surface area contributed by atoms with Gasteiger partial charge in [-0.2, -0.15) is 0 Å². The van der Waals surface area contributed by atoms with Gasteiger partial charge in [-0.25, -0.2) is 4.98 Å². The fraction of sp³-hybridized carbons (Fsp3) is 0.444. The van der Waals surface area contributed by atoms with E-state index >= 15 is 0 Å². The third kappa shape index (κ3) is 1.53. The molecule has 14 heavy (non-hydrogen) atoms. The zero-order chi connectivity index (χ0) is 10.1. The number of hydrogen-bond acceptors (Lipinski definition) is 3. The second kappa shape index (κ2) is 3.25. The number of carbonyl (C=O) groups excluding carboxylic acids is 1. The number of amides is 1. The van der Waals surface area contributed by atoms with E-state index in [9.17, 15) is 9.59 Å². The van der Waals surface area contributed by atoms with Crippen LogP contribution in [0.3, 0.4) is 0 Å². The third-order valence-electron chi connectivity index (χ3n) is 2.40. The SMILES string of the molecule is CC(=O)N1CC(c2nccc(=O)[nH]2)C1. The van der Waals surface area contributed by atoms with Crippen LogP contribution in [-0.2, 0) is 4.79 Å². The largest absolute Gasteiger partial charge is 0.341 e. The summed E-state index contributed by atoms with van der Waals surface area (Å²) in [5.74, 6) is 0.933. The number of carbonyl (C=O) groups is 1. The van der Waals surface area contributed by atoms with Crippen LogP contribution >= 0.6 is 0 Å². The molecule has 0 unspecified atom stereocenters. The first kappa shape index (κ1) is 8.93. The van der Waals surface area contributed by atoms with Crippen molar-refractivity contribution in [1.29, 1.82) is 0 Å². The molecule has 5 heteroatoms. The van der Waals surface area contributed by atoms with Gasteiger partial charge >= 0.3 is 0 Å². The topological polar surface area (TPSA) is 66.1 Å². The quantitative estimate of drug-likeness (QED) is 0.666. The molecular weight excluding hydrogens is 182 g/mol. The molecule has 0 aliphatic carbocycles. The summed E-state index contributed by atoms with van der Waals surface area (Å²) in [7, 11) is 0. The molecule has 1 amide bonds. The van der Waals surface area contributed by atoms with Gasteiger partial charge in [-0.05, 0) is 0 Å². The molecule has 1 saturated heterocycles. The average molecular weight is 193 g/mol. The zero-order valence-corrected chi connectivity index (χ0v) is 7.86. The second-order valence-electron chi connectivity index (χ2n) is 3.44. The Hall–Kier alpha value is -1.65. The van der Waals surface area contributed by atoms with E-state index in [4.69, 9.17) is 0 Å². The Morgan fingerprint density at radius 3 is 2.93 bits per heavy atom. The Balaban J connectivity index is 2.06. The van der Waals surface area contributed by atoms with Gasteiger partial charge in [-0.1, -0.05) is 0 Å². The first-order valence-electron chi connectivity index (χ1n) is 4.47. The molecule has 5 nitrogen and oxygen atoms in total. The van der Waals surface area contributed by atoms with Crippen molar-refractivity contribution in [2.45, 2.75) is 12.8 Å². The number of H-pyrrole nitrogens is 1. The highest BCUT2D eigenvalue weighted by Crippen LogP contribution is 2.22. The first-order valence-corrected chi connectivity index (χ1v) is 4.47. The Labute approximate surface area is 80.8 Å². The molecule has 0 radical (unpaired) electrons. The van der Waals surface area contributed by atoms with E-state index in [2.05, 4.69) is 9.97 Å². The van der Waals surface area contributed by atoms with Crippen molar-refractivity contribution in [3.63, 3.8) is 0 Å². The van der Waals surface area contributed by atoms with Gasteiger partial charge in [0.1, 0.15) is 5.82 Å². The highest BCUT2D eigenvalue weighted by atomic mass is 16.2. The van der Waals surface area contributed by atoms with Crippen molar-refractivity contribution in [3.05, 3.63) is 28.4 Å². The molecule has 0 spiro atoms. The molecule has 1 fully saturated rings. The Bertz CT molecular complexity index is 407. The normalized spacial score (nSPS) is 16.5. The van der Waals surface area contributed by atoms with E-state index in [0.29, 0.717) is 18.9 Å². The number of nitrogens with one attached hydrogen (secondary N) is 1. The fourth-order valence-electron chi connectivity index (χ4n) is 1.50. The van der Waals surface area contributed by atoms with Gasteiger partial charge in [0.25, 0.3) is 5.56 Å². The molecule has 1 aromatic rings. The van der Waals surface area contributed by atoms with Crippen LogP contribution in [0.15, 0.2) is 17.1 Å². The fourth-order valence-corrected chi connectivity index (χ4v) is 1.50. The van der Waals surface area contributed by atoms with Crippen molar-refractivity contribution in [2.75, 3.05) is 13.1 Å². The maximum absolute atomic E-state index is 11.0. The van der Waals surface area contributed by atoms with E-state index in [1.54, 1.807) is 4.90 Å². The predicted molar refractivity (Wildman–Crippen MR) is 49.9 cm³/mol. The number of aromatic amines is 1. The van der Waals surface area contributed by atoms with Crippen LogP contribution in [0, 0.1) is 0 Å². The van der Waals surface area contributed by atoms with Crippen LogP contribution in [0.4, 0.5) is 0 Å². The summed E-state index contributed by atoms with van der Waals surface area (Å²) in [6.07, 6.45) is 1.49. The summed E-state index contributed by atoms with van der Waals surface area (Å²) in [6, 6.07) is 1.38. The maximum atomic E-state index is 11.0. The van der Waals surface area contributed by atoms with Crippen LogP contribution in [0.5, 0.6) is 0 Å². The summed E-state index contributed by atoms with van der Waals surface area (Å²) in [5, 5.41) is 0. The predicted octanol–water partition coefficient (Wildman–Crippen LogP) is -0.284. The molecular formula is C9H11N3O2. The molecule has 0 atom stereocenters. The number of nitrogens with zero attached hydrogens (tertiary/aromatic N) is 2. The van der Waals surface area contributed by atoms with E-state index in [-0.39, 0.29) is 17.4 Å². The van der Waals surface area contributed by atoms with E-state index in [0.717, 1.165) is 0 Å². The summed E-state index contributed by atoms with van der Waals surface area (Å²) >= 11 is 0. The summed E-state index contributed by atoms with van der Waals surface area (Å²) in [5.41, 5.74) is -0.142. The van der Waals surface area contributed by atoms with Gasteiger partial charge in [0, 0.05) is 32.3 Å². The lowest BCUT2D eigenvalue weighted by molar-refractivity contribution is -0.133. The summed E-state index contributed by atoms with van der Waals surface area (Å²) in [6.45, 7) is 2.85. The Morgan fingerprint density at radius 1 is 1.64 bits per heavy atom. The van der Waals surface area contributed by atoms with Crippen molar-refractivity contribution in [1.82, 2.24) is 14.9 Å². The number of likely N-dealkylation sites (tertiary alicyclic amines) is 1. The van der Waals surface area contributed by atoms with Crippen molar-refractivity contribution in [2.24, 2.45) is 0 Å². The highest BCUT2D eigenvalue weighted by Gasteiger charge is 2.31. The molecule has 1 aliphatic rings. The highest BCUT2D eigenvalue weighted by molar-refractivity contribution is 5.74. The van der Waals surface area contributed by atoms with Gasteiger partial charge in [0.05, 0.1) is 5.92 Å². The van der Waals surface area contributed by atoms with E-state index < -0.39 is 0 Å². The van der Waals surface area contributed by atoms with Gasteiger partial charge in [-0.3, -0.25) is 9.59 Å². The molecule has 0 aromatic carbocycles. The van der Waals surface area contributed by atoms with Gasteiger partial charge in [-0.15, -0.1) is 0 Å². The summed E-state index contributed by atoms with van der Waals surface area (Å²) < 4.78 is 0. The van der Waals surface area contributed by atoms with Gasteiger partial charge in [0.2, 0.25) is 5.91 Å². The molecule has 74 valence electrons. The number of rotatable bonds is 1. The van der Waals surface area contributed by atoms with Crippen LogP contribution in [0.1, 0.15) is 18.7 Å². The minimum atomic E-state index is -0.142. The smallest absolute Gasteiger partial charge is 0.250 e. The van der Waals surface area contributed by atoms with Crippen LogP contribution < -0.4 is 5.56 Å². The number of hydrogen-bond donors (Lipinski definition) is 1. The Morgan fingerprint density at radius 2 is 2.36 bits per heavy atom. The first-order chi connectivity index (χ1) is 6.66. The Kier molecular flexibility index (Phi) is 2.07. The van der Waals surface area contributed by atoms with E-state index in [1.807, 2.05) is 0 Å². The molecule has 2 heterocycles. The zero-order valence-electron chi connectivity index (χ0n) is 7.86. The summed E-state index contributed by atoms with van der Waals surface area (Å²) in [4.78, 5) is 30.3. The van der Waals surface area contributed by atoms with E-state index in [1.165, 1.54) is 19.2 Å². The molecule has 2 rings (SSSR count). The van der Waals surface area contributed by atoms with Crippen LogP contribution in [0.2, 0.25) is 0 Å². The monoisotopic (exact) mass is 193 g/mol.